The van der Waals surface area contributed by atoms with Gasteiger partial charge in [0.1, 0.15) is 17.0 Å². The van der Waals surface area contributed by atoms with Crippen LogP contribution in [0.3, 0.4) is 0 Å². The van der Waals surface area contributed by atoms with Crippen LogP contribution in [0.4, 0.5) is 8.78 Å². The molecular formula is C23H30F2N4O4. The van der Waals surface area contributed by atoms with Crippen LogP contribution in [-0.4, -0.2) is 66.2 Å². The van der Waals surface area contributed by atoms with E-state index in [-0.39, 0.29) is 11.8 Å². The number of hydrogen-bond donors (Lipinski definition) is 2. The number of benzene rings is 1. The number of nitrogens with zero attached hydrogens (tertiary/aromatic N) is 3. The Labute approximate surface area is 191 Å². The maximum atomic E-state index is 12.4. The highest BCUT2D eigenvalue weighted by Gasteiger charge is 2.17. The van der Waals surface area contributed by atoms with Crippen molar-refractivity contribution in [2.45, 2.75) is 39.0 Å². The number of carbonyl (C=O) groups excluding carboxylic acids is 1. The molecule has 0 bridgehead atoms. The number of nitrogens with one attached hydrogen (secondary N) is 1. The predicted octanol–water partition coefficient (Wildman–Crippen LogP) is 3.70. The van der Waals surface area contributed by atoms with Gasteiger partial charge in [0.2, 0.25) is 0 Å². The maximum absolute atomic E-state index is 12.4. The van der Waals surface area contributed by atoms with Crippen molar-refractivity contribution in [2.24, 2.45) is 0 Å². The number of fused-ring (bicyclic) bond motifs is 1. The van der Waals surface area contributed by atoms with Gasteiger partial charge in [-0.3, -0.25) is 14.5 Å². The fraction of sp³-hybridized carbons (Fsp3) is 0.435. The quantitative estimate of drug-likeness (QED) is 0.537. The van der Waals surface area contributed by atoms with E-state index in [0.717, 1.165) is 26.6 Å². The molecular weight excluding hydrogens is 434 g/mol. The number of carbonyl (C=O) groups is 1. The highest BCUT2D eigenvalue weighted by Crippen LogP contribution is 2.31. The Morgan fingerprint density at radius 3 is 2.61 bits per heavy atom. The number of alkyl halides is 2. The molecule has 33 heavy (non-hydrogen) atoms. The first-order valence-corrected chi connectivity index (χ1v) is 10.5. The summed E-state index contributed by atoms with van der Waals surface area (Å²) < 4.78 is 36.1. The van der Waals surface area contributed by atoms with Crippen molar-refractivity contribution in [3.63, 3.8) is 0 Å². The van der Waals surface area contributed by atoms with E-state index in [2.05, 4.69) is 20.1 Å². The molecule has 4 rings (SSSR count). The number of aliphatic hydroxyl groups excluding tert-OH is 1. The van der Waals surface area contributed by atoms with E-state index in [1.54, 1.807) is 22.9 Å². The number of likely N-dealkylation sites (N-methyl/N-ethyl adjacent to an activating group) is 1. The lowest BCUT2D eigenvalue weighted by Crippen LogP contribution is -2.24. The van der Waals surface area contributed by atoms with Crippen LogP contribution in [0.5, 0.6) is 5.75 Å². The van der Waals surface area contributed by atoms with Gasteiger partial charge in [-0.05, 0) is 45.5 Å². The van der Waals surface area contributed by atoms with Crippen molar-refractivity contribution < 1.29 is 28.2 Å². The van der Waals surface area contributed by atoms with E-state index in [9.17, 15) is 13.6 Å². The number of aldehydes is 1. The number of pyridine rings is 1. The molecule has 1 aliphatic rings. The molecule has 1 aliphatic heterocycles. The van der Waals surface area contributed by atoms with E-state index < -0.39 is 6.61 Å². The van der Waals surface area contributed by atoms with Crippen molar-refractivity contribution in [3.8, 4) is 17.0 Å². The zero-order chi connectivity index (χ0) is 24.4. The molecule has 0 spiro atoms. The Bertz CT molecular complexity index is 1020. The average molecular weight is 465 g/mol. The monoisotopic (exact) mass is 464 g/mol. The summed E-state index contributed by atoms with van der Waals surface area (Å²) in [6, 6.07) is 8.70. The molecule has 0 aliphatic carbocycles. The third kappa shape index (κ3) is 7.01. The fourth-order valence-corrected chi connectivity index (χ4v) is 3.27. The summed E-state index contributed by atoms with van der Waals surface area (Å²) in [6.45, 7) is 2.86. The standard InChI is InChI=1S/C17H15F2N3O2.C5H11NO.CH4O/c1-10(2)22-14-6-11(9-23)8-20-16(14)15(21-22)12-4-3-5-13(7-12)24-17(18)19;1-6-5-2-3-7-4-5;1-2/h3-10,17H,1-2H3;5-6H,2-4H2,1H3;2H,1H3. The van der Waals surface area contributed by atoms with E-state index in [4.69, 9.17) is 9.84 Å². The van der Waals surface area contributed by atoms with Gasteiger partial charge in [0.05, 0.1) is 12.1 Å². The second-order valence-corrected chi connectivity index (χ2v) is 7.40. The van der Waals surface area contributed by atoms with Gasteiger partial charge < -0.3 is 19.9 Å². The summed E-state index contributed by atoms with van der Waals surface area (Å²) in [6.07, 6.45) is 3.36. The molecule has 10 heteroatoms. The Morgan fingerprint density at radius 1 is 1.30 bits per heavy atom. The Morgan fingerprint density at radius 2 is 2.06 bits per heavy atom. The molecule has 0 saturated carbocycles. The minimum absolute atomic E-state index is 0.0467. The van der Waals surface area contributed by atoms with Gasteiger partial charge in [-0.15, -0.1) is 0 Å². The smallest absolute Gasteiger partial charge is 0.387 e. The third-order valence-electron chi connectivity index (χ3n) is 4.86. The van der Waals surface area contributed by atoms with Gasteiger partial charge in [-0.2, -0.15) is 13.9 Å². The van der Waals surface area contributed by atoms with Crippen molar-refractivity contribution in [2.75, 3.05) is 27.4 Å². The lowest BCUT2D eigenvalue weighted by atomic mass is 10.1. The van der Waals surface area contributed by atoms with Crippen LogP contribution < -0.4 is 10.1 Å². The van der Waals surface area contributed by atoms with Gasteiger partial charge >= 0.3 is 6.61 Å². The third-order valence-corrected chi connectivity index (χ3v) is 4.86. The number of aliphatic hydroxyl groups is 1. The van der Waals surface area contributed by atoms with Crippen LogP contribution in [0, 0.1) is 0 Å². The largest absolute Gasteiger partial charge is 0.435 e. The molecule has 1 fully saturated rings. The molecule has 1 unspecified atom stereocenters. The van der Waals surface area contributed by atoms with Crippen LogP contribution in [0.1, 0.15) is 36.7 Å². The summed E-state index contributed by atoms with van der Waals surface area (Å²) in [5.74, 6) is 0.0549. The van der Waals surface area contributed by atoms with Gasteiger partial charge in [0, 0.05) is 43.1 Å². The molecule has 180 valence electrons. The van der Waals surface area contributed by atoms with E-state index in [1.807, 2.05) is 20.9 Å². The lowest BCUT2D eigenvalue weighted by molar-refractivity contribution is -0.0498. The number of ether oxygens (including phenoxy) is 2. The van der Waals surface area contributed by atoms with Crippen LogP contribution in [-0.2, 0) is 4.74 Å². The van der Waals surface area contributed by atoms with Crippen molar-refractivity contribution in [1.29, 1.82) is 0 Å². The molecule has 1 atom stereocenters. The average Bonchev–Trinajstić information content (AvgIpc) is 3.48. The van der Waals surface area contributed by atoms with Gasteiger partial charge in [0.25, 0.3) is 0 Å². The van der Waals surface area contributed by atoms with Crippen LogP contribution in [0.15, 0.2) is 36.5 Å². The minimum atomic E-state index is -2.89. The van der Waals surface area contributed by atoms with E-state index in [0.29, 0.717) is 33.9 Å². The predicted molar refractivity (Wildman–Crippen MR) is 122 cm³/mol. The zero-order valence-electron chi connectivity index (χ0n) is 19.2. The van der Waals surface area contributed by atoms with E-state index in [1.165, 1.54) is 24.8 Å². The summed E-state index contributed by atoms with van der Waals surface area (Å²) in [5.41, 5.74) is 2.93. The Kier molecular flexibility index (Phi) is 10.3. The summed E-state index contributed by atoms with van der Waals surface area (Å²) >= 11 is 0. The van der Waals surface area contributed by atoms with Gasteiger partial charge in [-0.1, -0.05) is 12.1 Å². The molecule has 1 saturated heterocycles. The first-order chi connectivity index (χ1) is 15.9. The fourth-order valence-electron chi connectivity index (χ4n) is 3.27. The summed E-state index contributed by atoms with van der Waals surface area (Å²) in [5, 5.41) is 14.7. The normalized spacial score (nSPS) is 15.1. The molecule has 2 N–H and O–H groups in total. The molecule has 3 aromatic rings. The van der Waals surface area contributed by atoms with E-state index >= 15 is 0 Å². The maximum Gasteiger partial charge on any atom is 0.387 e. The van der Waals surface area contributed by atoms with Gasteiger partial charge in [0.15, 0.2) is 6.29 Å². The van der Waals surface area contributed by atoms with Crippen molar-refractivity contribution in [1.82, 2.24) is 20.1 Å². The van der Waals surface area contributed by atoms with Gasteiger partial charge in [-0.25, -0.2) is 0 Å². The molecule has 3 heterocycles. The SMILES string of the molecule is CC(C)n1nc(-c2cccc(OC(F)F)c2)c2ncc(C=O)cc21.CNC1CCOC1.CO. The van der Waals surface area contributed by atoms with Crippen molar-refractivity contribution >= 4 is 17.3 Å². The van der Waals surface area contributed by atoms with Crippen LogP contribution in [0.25, 0.3) is 22.3 Å². The molecule has 1 aromatic carbocycles. The lowest BCUT2D eigenvalue weighted by Gasteiger charge is -2.06. The first-order valence-electron chi connectivity index (χ1n) is 10.5. The molecule has 0 radical (unpaired) electrons. The molecule has 0 amide bonds. The second-order valence-electron chi connectivity index (χ2n) is 7.40. The summed E-state index contributed by atoms with van der Waals surface area (Å²) in [7, 11) is 2.97. The first kappa shape index (κ1) is 26.3. The molecule has 2 aromatic heterocycles. The Hall–Kier alpha value is -2.95. The molecule has 8 nitrogen and oxygen atoms in total. The summed E-state index contributed by atoms with van der Waals surface area (Å²) in [4.78, 5) is 15.3. The van der Waals surface area contributed by atoms with Crippen molar-refractivity contribution in [3.05, 3.63) is 42.1 Å². The number of hydrogen-bond acceptors (Lipinski definition) is 7. The minimum Gasteiger partial charge on any atom is -0.435 e. The number of rotatable bonds is 6. The highest BCUT2D eigenvalue weighted by molar-refractivity contribution is 5.93. The zero-order valence-corrected chi connectivity index (χ0v) is 19.2. The van der Waals surface area contributed by atoms with Crippen LogP contribution >= 0.6 is 0 Å². The second kappa shape index (κ2) is 12.9. The van der Waals surface area contributed by atoms with Crippen LogP contribution in [0.2, 0.25) is 0 Å². The Balaban J connectivity index is 0.000000362. The number of aromatic nitrogens is 3. The highest BCUT2D eigenvalue weighted by atomic mass is 19.3. The number of halogens is 2. The topological polar surface area (TPSA) is 98.5 Å².